The summed E-state index contributed by atoms with van der Waals surface area (Å²) in [5.74, 6) is -0.239. The van der Waals surface area contributed by atoms with Gasteiger partial charge in [0.1, 0.15) is 12.4 Å². The molecule has 0 heterocycles. The van der Waals surface area contributed by atoms with Crippen molar-refractivity contribution in [3.8, 4) is 5.75 Å². The lowest BCUT2D eigenvalue weighted by Gasteiger charge is -2.12. The van der Waals surface area contributed by atoms with Gasteiger partial charge < -0.3 is 10.5 Å². The average molecular weight is 426 g/mol. The fraction of sp³-hybridized carbons (Fsp3) is 0.174. The molecule has 0 saturated carbocycles. The number of carbonyl (C=O) groups is 1. The molecule has 0 aliphatic heterocycles. The molecule has 7 heteroatoms. The van der Waals surface area contributed by atoms with Gasteiger partial charge in [0.15, 0.2) is 0 Å². The van der Waals surface area contributed by atoms with E-state index in [9.17, 15) is 13.2 Å². The highest BCUT2D eigenvalue weighted by molar-refractivity contribution is 7.86. The van der Waals surface area contributed by atoms with Crippen molar-refractivity contribution in [1.82, 2.24) is 0 Å². The van der Waals surface area contributed by atoms with Crippen LogP contribution in [0.4, 0.5) is 0 Å². The SMILES string of the molecule is Cc1ccc(S(=O)(=O)OCCc2ccc(OCc3ccccc3)c(C(N)=O)c2)cc1. The number of hydrogen-bond acceptors (Lipinski definition) is 5. The maximum Gasteiger partial charge on any atom is 0.296 e. The maximum atomic E-state index is 12.3. The summed E-state index contributed by atoms with van der Waals surface area (Å²) in [4.78, 5) is 12.0. The number of nitrogens with two attached hydrogens (primary N) is 1. The molecule has 0 aromatic heterocycles. The number of aryl methyl sites for hydroxylation is 1. The summed E-state index contributed by atoms with van der Waals surface area (Å²) in [6.45, 7) is 2.12. The van der Waals surface area contributed by atoms with E-state index in [1.54, 1.807) is 30.3 Å². The monoisotopic (exact) mass is 425 g/mol. The van der Waals surface area contributed by atoms with Crippen molar-refractivity contribution < 1.29 is 22.1 Å². The fourth-order valence-corrected chi connectivity index (χ4v) is 3.74. The zero-order chi connectivity index (χ0) is 21.6. The van der Waals surface area contributed by atoms with Crippen molar-refractivity contribution in [1.29, 1.82) is 0 Å². The fourth-order valence-electron chi connectivity index (χ4n) is 2.83. The number of ether oxygens (including phenoxy) is 1. The molecule has 156 valence electrons. The van der Waals surface area contributed by atoms with E-state index in [0.717, 1.165) is 16.7 Å². The molecule has 0 saturated heterocycles. The first-order valence-corrected chi connectivity index (χ1v) is 10.8. The van der Waals surface area contributed by atoms with Crippen LogP contribution in [0.3, 0.4) is 0 Å². The van der Waals surface area contributed by atoms with Crippen LogP contribution in [0.1, 0.15) is 27.0 Å². The van der Waals surface area contributed by atoms with Crippen molar-refractivity contribution >= 4 is 16.0 Å². The van der Waals surface area contributed by atoms with Crippen LogP contribution < -0.4 is 10.5 Å². The van der Waals surface area contributed by atoms with Crippen LogP contribution in [0.5, 0.6) is 5.75 Å². The van der Waals surface area contributed by atoms with Crippen LogP contribution in [0.25, 0.3) is 0 Å². The Bertz CT molecular complexity index is 1110. The Balaban J connectivity index is 1.64. The maximum absolute atomic E-state index is 12.3. The Morgan fingerprint density at radius 2 is 1.63 bits per heavy atom. The molecule has 3 rings (SSSR count). The first-order valence-electron chi connectivity index (χ1n) is 9.41. The van der Waals surface area contributed by atoms with Crippen LogP contribution >= 0.6 is 0 Å². The third-order valence-corrected chi connectivity index (χ3v) is 5.81. The van der Waals surface area contributed by atoms with Gasteiger partial charge in [-0.05, 0) is 48.7 Å². The molecule has 0 bridgehead atoms. The van der Waals surface area contributed by atoms with E-state index in [4.69, 9.17) is 14.7 Å². The largest absolute Gasteiger partial charge is 0.488 e. The highest BCUT2D eigenvalue weighted by atomic mass is 32.2. The zero-order valence-corrected chi connectivity index (χ0v) is 17.4. The molecule has 0 spiro atoms. The Morgan fingerprint density at radius 3 is 2.30 bits per heavy atom. The van der Waals surface area contributed by atoms with Gasteiger partial charge in [-0.2, -0.15) is 8.42 Å². The van der Waals surface area contributed by atoms with Crippen molar-refractivity contribution in [3.63, 3.8) is 0 Å². The molecule has 3 aromatic carbocycles. The quantitative estimate of drug-likeness (QED) is 0.528. The van der Waals surface area contributed by atoms with E-state index in [0.29, 0.717) is 18.8 Å². The van der Waals surface area contributed by atoms with Gasteiger partial charge in [-0.3, -0.25) is 8.98 Å². The molecule has 1 amide bonds. The molecule has 0 fully saturated rings. The first kappa shape index (κ1) is 21.5. The highest BCUT2D eigenvalue weighted by Gasteiger charge is 2.16. The summed E-state index contributed by atoms with van der Waals surface area (Å²) in [6, 6.07) is 21.0. The Morgan fingerprint density at radius 1 is 0.933 bits per heavy atom. The smallest absolute Gasteiger partial charge is 0.296 e. The Kier molecular flexibility index (Phi) is 6.87. The van der Waals surface area contributed by atoms with Gasteiger partial charge in [-0.25, -0.2) is 0 Å². The van der Waals surface area contributed by atoms with Crippen LogP contribution in [0.15, 0.2) is 77.7 Å². The lowest BCUT2D eigenvalue weighted by molar-refractivity contribution is 0.0995. The van der Waals surface area contributed by atoms with Gasteiger partial charge in [0.2, 0.25) is 0 Å². The molecule has 3 aromatic rings. The first-order chi connectivity index (χ1) is 14.3. The Hall–Kier alpha value is -3.16. The zero-order valence-electron chi connectivity index (χ0n) is 16.6. The summed E-state index contributed by atoms with van der Waals surface area (Å²) in [7, 11) is -3.84. The van der Waals surface area contributed by atoms with Crippen LogP contribution in [-0.4, -0.2) is 20.9 Å². The summed E-state index contributed by atoms with van der Waals surface area (Å²) < 4.78 is 35.4. The van der Waals surface area contributed by atoms with Gasteiger partial charge in [-0.15, -0.1) is 0 Å². The number of benzene rings is 3. The van der Waals surface area contributed by atoms with Crippen molar-refractivity contribution in [3.05, 3.63) is 95.1 Å². The molecular weight excluding hydrogens is 402 g/mol. The van der Waals surface area contributed by atoms with Crippen LogP contribution in [-0.2, 0) is 27.3 Å². The molecule has 0 radical (unpaired) electrons. The second-order valence-corrected chi connectivity index (χ2v) is 8.42. The van der Waals surface area contributed by atoms with Gasteiger partial charge in [0, 0.05) is 0 Å². The van der Waals surface area contributed by atoms with Gasteiger partial charge in [0.25, 0.3) is 16.0 Å². The van der Waals surface area contributed by atoms with E-state index < -0.39 is 16.0 Å². The summed E-state index contributed by atoms with van der Waals surface area (Å²) in [5.41, 5.74) is 8.38. The van der Waals surface area contributed by atoms with Crippen molar-refractivity contribution in [2.75, 3.05) is 6.61 Å². The van der Waals surface area contributed by atoms with Gasteiger partial charge in [0.05, 0.1) is 17.1 Å². The lowest BCUT2D eigenvalue weighted by atomic mass is 10.1. The molecular formula is C23H23NO5S. The predicted octanol–water partition coefficient (Wildman–Crippen LogP) is 3.62. The van der Waals surface area contributed by atoms with Crippen LogP contribution in [0.2, 0.25) is 0 Å². The molecule has 0 aliphatic carbocycles. The molecule has 0 atom stereocenters. The van der Waals surface area contributed by atoms with Gasteiger partial charge in [-0.1, -0.05) is 54.1 Å². The predicted molar refractivity (Wildman–Crippen MR) is 114 cm³/mol. The third-order valence-electron chi connectivity index (χ3n) is 4.49. The second-order valence-electron chi connectivity index (χ2n) is 6.81. The molecule has 6 nitrogen and oxygen atoms in total. The minimum atomic E-state index is -3.84. The van der Waals surface area contributed by atoms with Crippen molar-refractivity contribution in [2.45, 2.75) is 24.8 Å². The normalized spacial score (nSPS) is 11.2. The summed E-state index contributed by atoms with van der Waals surface area (Å²) in [6.07, 6.45) is 0.296. The third kappa shape index (κ3) is 5.68. The summed E-state index contributed by atoms with van der Waals surface area (Å²) >= 11 is 0. The Labute approximate surface area is 176 Å². The molecule has 0 unspecified atom stereocenters. The van der Waals surface area contributed by atoms with Gasteiger partial charge >= 0.3 is 0 Å². The van der Waals surface area contributed by atoms with E-state index in [1.165, 1.54) is 12.1 Å². The van der Waals surface area contributed by atoms with Crippen LogP contribution in [0, 0.1) is 6.92 Å². The van der Waals surface area contributed by atoms with E-state index in [-0.39, 0.29) is 17.1 Å². The lowest BCUT2D eigenvalue weighted by Crippen LogP contribution is -2.14. The minimum Gasteiger partial charge on any atom is -0.488 e. The minimum absolute atomic E-state index is 0.0569. The topological polar surface area (TPSA) is 95.7 Å². The standard InChI is InChI=1S/C23H23NO5S/c1-17-7-10-20(11-8-17)30(26,27)29-14-13-18-9-12-22(21(15-18)23(24)25)28-16-19-5-3-2-4-6-19/h2-12,15H,13-14,16H2,1H3,(H2,24,25). The van der Waals surface area contributed by atoms with E-state index in [1.807, 2.05) is 37.3 Å². The molecule has 30 heavy (non-hydrogen) atoms. The number of primary amides is 1. The van der Waals surface area contributed by atoms with E-state index >= 15 is 0 Å². The number of carbonyl (C=O) groups excluding carboxylic acids is 1. The molecule has 0 aliphatic rings. The number of amides is 1. The number of rotatable bonds is 9. The highest BCUT2D eigenvalue weighted by Crippen LogP contribution is 2.22. The van der Waals surface area contributed by atoms with Crippen molar-refractivity contribution in [2.24, 2.45) is 5.73 Å². The number of hydrogen-bond donors (Lipinski definition) is 1. The second kappa shape index (κ2) is 9.56. The van der Waals surface area contributed by atoms with E-state index in [2.05, 4.69) is 0 Å². The summed E-state index contributed by atoms with van der Waals surface area (Å²) in [5, 5.41) is 0. The average Bonchev–Trinajstić information content (AvgIpc) is 2.73. The molecule has 2 N–H and O–H groups in total.